The summed E-state index contributed by atoms with van der Waals surface area (Å²) >= 11 is 6.60. The van der Waals surface area contributed by atoms with Gasteiger partial charge in [-0.25, -0.2) is 0 Å². The summed E-state index contributed by atoms with van der Waals surface area (Å²) in [4.78, 5) is 14.6. The monoisotopic (exact) mass is 413 g/mol. The van der Waals surface area contributed by atoms with Gasteiger partial charge in [0.25, 0.3) is 5.91 Å². The Hall–Kier alpha value is -2.31. The highest BCUT2D eigenvalue weighted by atomic mass is 32.2. The fourth-order valence-electron chi connectivity index (χ4n) is 2.91. The van der Waals surface area contributed by atoms with Gasteiger partial charge in [-0.2, -0.15) is 0 Å². The summed E-state index contributed by atoms with van der Waals surface area (Å²) in [7, 11) is 0. The van der Waals surface area contributed by atoms with Gasteiger partial charge in [0.15, 0.2) is 0 Å². The van der Waals surface area contributed by atoms with Crippen molar-refractivity contribution in [2.24, 2.45) is 0 Å². The lowest BCUT2D eigenvalue weighted by Gasteiger charge is -2.12. The molecule has 0 spiro atoms. The maximum absolute atomic E-state index is 12.4. The fourth-order valence-corrected chi connectivity index (χ4v) is 4.28. The number of hydrogen-bond donors (Lipinski definition) is 0. The lowest BCUT2D eigenvalue weighted by atomic mass is 10.1. The summed E-state index contributed by atoms with van der Waals surface area (Å²) in [6, 6.07) is 13.8. The first-order valence-electron chi connectivity index (χ1n) is 9.17. The van der Waals surface area contributed by atoms with Crippen LogP contribution in [0.3, 0.4) is 0 Å². The minimum absolute atomic E-state index is 0.0505. The Morgan fingerprint density at radius 3 is 2.46 bits per heavy atom. The van der Waals surface area contributed by atoms with Crippen molar-refractivity contribution in [2.45, 2.75) is 20.8 Å². The molecule has 28 heavy (non-hydrogen) atoms. The first-order valence-corrected chi connectivity index (χ1v) is 10.4. The van der Waals surface area contributed by atoms with E-state index >= 15 is 0 Å². The number of benzene rings is 2. The molecule has 0 aliphatic carbocycles. The molecule has 1 heterocycles. The van der Waals surface area contributed by atoms with Gasteiger partial charge in [0.05, 0.1) is 4.91 Å². The van der Waals surface area contributed by atoms with Gasteiger partial charge in [0.1, 0.15) is 29.0 Å². The third-order valence-corrected chi connectivity index (χ3v) is 5.70. The number of rotatable bonds is 7. The molecule has 1 amide bonds. The number of carbonyl (C=O) groups excluding carboxylic acids is 1. The number of para-hydroxylation sites is 1. The van der Waals surface area contributed by atoms with E-state index in [2.05, 4.69) is 13.0 Å². The van der Waals surface area contributed by atoms with Crippen LogP contribution in [0.4, 0.5) is 0 Å². The number of aryl methyl sites for hydroxylation is 2. The van der Waals surface area contributed by atoms with Crippen LogP contribution in [0.2, 0.25) is 0 Å². The molecule has 146 valence electrons. The van der Waals surface area contributed by atoms with Crippen LogP contribution in [0.25, 0.3) is 6.08 Å². The molecule has 0 atom stereocenters. The molecular formula is C22H23NO3S2. The highest BCUT2D eigenvalue weighted by Crippen LogP contribution is 2.34. The van der Waals surface area contributed by atoms with E-state index in [0.29, 0.717) is 34.7 Å². The van der Waals surface area contributed by atoms with Crippen LogP contribution in [-0.2, 0) is 4.79 Å². The number of hydrogen-bond acceptors (Lipinski definition) is 5. The molecule has 0 aromatic heterocycles. The standard InChI is InChI=1S/C22H23NO3S2/c1-4-23-21(24)20(28-22(23)27)14-17-7-5-6-8-19(17)26-12-11-25-18-10-9-15(2)13-16(18)3/h5-10,13-14H,4,11-12H2,1-3H3. The molecule has 1 saturated heterocycles. The predicted octanol–water partition coefficient (Wildman–Crippen LogP) is 4.98. The number of ether oxygens (including phenoxy) is 2. The van der Waals surface area contributed by atoms with Crippen molar-refractivity contribution in [1.82, 2.24) is 4.90 Å². The molecule has 1 aliphatic heterocycles. The second-order valence-electron chi connectivity index (χ2n) is 6.43. The largest absolute Gasteiger partial charge is 0.490 e. The van der Waals surface area contributed by atoms with E-state index in [1.54, 1.807) is 4.90 Å². The van der Waals surface area contributed by atoms with Crippen LogP contribution < -0.4 is 9.47 Å². The van der Waals surface area contributed by atoms with Gasteiger partial charge in [-0.3, -0.25) is 9.69 Å². The summed E-state index contributed by atoms with van der Waals surface area (Å²) in [5.41, 5.74) is 3.17. The Kier molecular flexibility index (Phi) is 6.75. The first kappa shape index (κ1) is 20.4. The van der Waals surface area contributed by atoms with Crippen LogP contribution in [0, 0.1) is 13.8 Å². The molecule has 4 nitrogen and oxygen atoms in total. The summed E-state index contributed by atoms with van der Waals surface area (Å²) in [6.07, 6.45) is 1.84. The van der Waals surface area contributed by atoms with Gasteiger partial charge >= 0.3 is 0 Å². The molecule has 0 bridgehead atoms. The zero-order valence-electron chi connectivity index (χ0n) is 16.2. The average molecular weight is 414 g/mol. The number of carbonyl (C=O) groups is 1. The van der Waals surface area contributed by atoms with E-state index in [1.807, 2.05) is 56.3 Å². The SMILES string of the molecule is CCN1C(=O)C(=Cc2ccccc2OCCOc2ccc(C)cc2C)SC1=S. The van der Waals surface area contributed by atoms with E-state index in [1.165, 1.54) is 17.3 Å². The molecule has 6 heteroatoms. The van der Waals surface area contributed by atoms with Gasteiger partial charge in [0.2, 0.25) is 0 Å². The third kappa shape index (κ3) is 4.75. The first-order chi connectivity index (χ1) is 13.5. The van der Waals surface area contributed by atoms with E-state index in [9.17, 15) is 4.79 Å². The Balaban J connectivity index is 1.64. The van der Waals surface area contributed by atoms with Crippen LogP contribution in [-0.4, -0.2) is 34.9 Å². The lowest BCUT2D eigenvalue weighted by Crippen LogP contribution is -2.27. The van der Waals surface area contributed by atoms with Crippen LogP contribution in [0.5, 0.6) is 11.5 Å². The summed E-state index contributed by atoms with van der Waals surface area (Å²) in [5, 5.41) is 0. The van der Waals surface area contributed by atoms with Gasteiger partial charge in [-0.1, -0.05) is 59.9 Å². The molecule has 0 unspecified atom stereocenters. The van der Waals surface area contributed by atoms with Gasteiger partial charge < -0.3 is 9.47 Å². The van der Waals surface area contributed by atoms with Crippen molar-refractivity contribution < 1.29 is 14.3 Å². The molecule has 0 N–H and O–H groups in total. The van der Waals surface area contributed by atoms with Crippen LogP contribution in [0.1, 0.15) is 23.6 Å². The molecule has 1 fully saturated rings. The normalized spacial score (nSPS) is 15.4. The van der Waals surface area contributed by atoms with E-state index < -0.39 is 0 Å². The number of thiocarbonyl (C=S) groups is 1. The Morgan fingerprint density at radius 1 is 1.07 bits per heavy atom. The fraction of sp³-hybridized carbons (Fsp3) is 0.273. The molecular weight excluding hydrogens is 390 g/mol. The van der Waals surface area contributed by atoms with Crippen molar-refractivity contribution >= 4 is 40.3 Å². The molecule has 2 aromatic carbocycles. The van der Waals surface area contributed by atoms with Gasteiger partial charge in [0, 0.05) is 12.1 Å². The van der Waals surface area contributed by atoms with Crippen molar-refractivity contribution in [3.63, 3.8) is 0 Å². The summed E-state index contributed by atoms with van der Waals surface area (Å²) in [5.74, 6) is 1.53. The summed E-state index contributed by atoms with van der Waals surface area (Å²) in [6.45, 7) is 7.44. The Bertz CT molecular complexity index is 924. The molecule has 0 radical (unpaired) electrons. The summed E-state index contributed by atoms with van der Waals surface area (Å²) < 4.78 is 12.3. The topological polar surface area (TPSA) is 38.8 Å². The smallest absolute Gasteiger partial charge is 0.266 e. The minimum atomic E-state index is -0.0505. The number of amides is 1. The second-order valence-corrected chi connectivity index (χ2v) is 8.11. The Labute approximate surface area is 175 Å². The van der Waals surface area contributed by atoms with Crippen LogP contribution in [0.15, 0.2) is 47.4 Å². The van der Waals surface area contributed by atoms with E-state index in [-0.39, 0.29) is 5.91 Å². The van der Waals surface area contributed by atoms with Crippen molar-refractivity contribution in [3.05, 3.63) is 64.1 Å². The number of nitrogens with zero attached hydrogens (tertiary/aromatic N) is 1. The lowest BCUT2D eigenvalue weighted by molar-refractivity contribution is -0.121. The van der Waals surface area contributed by atoms with E-state index in [4.69, 9.17) is 21.7 Å². The second kappa shape index (κ2) is 9.26. The molecule has 2 aromatic rings. The highest BCUT2D eigenvalue weighted by molar-refractivity contribution is 8.26. The zero-order chi connectivity index (χ0) is 20.1. The van der Waals surface area contributed by atoms with Crippen molar-refractivity contribution in [2.75, 3.05) is 19.8 Å². The minimum Gasteiger partial charge on any atom is -0.490 e. The third-order valence-electron chi connectivity index (χ3n) is 4.32. The Morgan fingerprint density at radius 2 is 1.79 bits per heavy atom. The van der Waals surface area contributed by atoms with Gasteiger partial charge in [-0.05, 0) is 44.5 Å². The van der Waals surface area contributed by atoms with Crippen molar-refractivity contribution in [1.29, 1.82) is 0 Å². The number of likely N-dealkylation sites (N-methyl/N-ethyl adjacent to an activating group) is 1. The quantitative estimate of drug-likeness (QED) is 0.364. The maximum atomic E-state index is 12.4. The van der Waals surface area contributed by atoms with Crippen molar-refractivity contribution in [3.8, 4) is 11.5 Å². The number of thioether (sulfide) groups is 1. The predicted molar refractivity (Wildman–Crippen MR) is 119 cm³/mol. The molecule has 0 saturated carbocycles. The van der Waals surface area contributed by atoms with E-state index in [0.717, 1.165) is 16.9 Å². The molecule has 1 aliphatic rings. The average Bonchev–Trinajstić information content (AvgIpc) is 2.94. The van der Waals surface area contributed by atoms with Crippen LogP contribution >= 0.6 is 24.0 Å². The maximum Gasteiger partial charge on any atom is 0.266 e. The van der Waals surface area contributed by atoms with Gasteiger partial charge in [-0.15, -0.1) is 0 Å². The highest BCUT2D eigenvalue weighted by Gasteiger charge is 2.30. The molecule has 3 rings (SSSR count). The zero-order valence-corrected chi connectivity index (χ0v) is 17.9.